The lowest BCUT2D eigenvalue weighted by molar-refractivity contribution is -0.140. The number of methoxy groups -OCH3 is 1. The fourth-order valence-corrected chi connectivity index (χ4v) is 2.69. The molecule has 0 saturated carbocycles. The fourth-order valence-electron chi connectivity index (χ4n) is 2.69. The molecule has 2 aliphatic rings. The molecule has 2 rings (SSSR count). The van der Waals surface area contributed by atoms with Gasteiger partial charge < -0.3 is 9.47 Å². The Balaban J connectivity index is 1.75. The fraction of sp³-hybridized carbons (Fsp3) is 0.647. The van der Waals surface area contributed by atoms with Crippen molar-refractivity contribution < 1.29 is 19.1 Å². The molecule has 0 N–H and O–H groups in total. The molecule has 0 aromatic heterocycles. The molecule has 0 aromatic carbocycles. The molecule has 0 radical (unpaired) electrons. The van der Waals surface area contributed by atoms with Crippen LogP contribution in [0.2, 0.25) is 0 Å². The number of carbonyl (C=O) groups excluding carboxylic acids is 2. The predicted molar refractivity (Wildman–Crippen MR) is 79.6 cm³/mol. The third-order valence-electron chi connectivity index (χ3n) is 3.99. The van der Waals surface area contributed by atoms with E-state index in [1.807, 2.05) is 0 Å². The lowest BCUT2D eigenvalue weighted by Crippen LogP contribution is -2.06. The smallest absolute Gasteiger partial charge is 0.305 e. The van der Waals surface area contributed by atoms with Crippen LogP contribution in [-0.2, 0) is 19.1 Å². The monoisotopic (exact) mass is 292 g/mol. The molecule has 4 heteroatoms. The Kier molecular flexibility index (Phi) is 5.59. The number of allylic oxidation sites excluding steroid dienone is 2. The lowest BCUT2D eigenvalue weighted by Gasteiger charge is -2.06. The summed E-state index contributed by atoms with van der Waals surface area (Å²) in [7, 11) is 1.41. The van der Waals surface area contributed by atoms with Crippen LogP contribution in [0.25, 0.3) is 0 Å². The highest BCUT2D eigenvalue weighted by molar-refractivity contribution is 6.10. The van der Waals surface area contributed by atoms with E-state index < -0.39 is 0 Å². The van der Waals surface area contributed by atoms with Gasteiger partial charge in [-0.3, -0.25) is 9.59 Å². The second kappa shape index (κ2) is 7.43. The molecular weight excluding hydrogens is 268 g/mol. The number of fused-ring (bicyclic) bond motifs is 1. The van der Waals surface area contributed by atoms with Gasteiger partial charge >= 0.3 is 5.97 Å². The molecule has 1 heterocycles. The third-order valence-corrected chi connectivity index (χ3v) is 3.99. The highest BCUT2D eigenvalue weighted by atomic mass is 16.6. The van der Waals surface area contributed by atoms with E-state index in [-0.39, 0.29) is 17.9 Å². The molecule has 1 atom stereocenters. The molecular formula is C17H24O4. The van der Waals surface area contributed by atoms with E-state index in [4.69, 9.17) is 4.74 Å². The molecule has 4 nitrogen and oxygen atoms in total. The highest BCUT2D eigenvalue weighted by Crippen LogP contribution is 2.45. The SMILES string of the molecule is CCCCC1=C2OC2C(=O)C1=CCCCCCC(=O)OC. The number of ether oxygens (including phenoxy) is 2. The summed E-state index contributed by atoms with van der Waals surface area (Å²) in [6, 6.07) is 0. The molecule has 1 saturated heterocycles. The van der Waals surface area contributed by atoms with Crippen molar-refractivity contribution in [3.05, 3.63) is 23.0 Å². The maximum absolute atomic E-state index is 12.1. The van der Waals surface area contributed by atoms with Crippen LogP contribution >= 0.6 is 0 Å². The summed E-state index contributed by atoms with van der Waals surface area (Å²) in [5.74, 6) is 0.916. The topological polar surface area (TPSA) is 55.9 Å². The largest absolute Gasteiger partial charge is 0.474 e. The van der Waals surface area contributed by atoms with Crippen molar-refractivity contribution in [1.82, 2.24) is 0 Å². The predicted octanol–water partition coefficient (Wildman–Crippen LogP) is 3.46. The van der Waals surface area contributed by atoms with Crippen LogP contribution in [0.1, 0.15) is 58.3 Å². The van der Waals surface area contributed by atoms with Crippen LogP contribution in [0, 0.1) is 0 Å². The van der Waals surface area contributed by atoms with Gasteiger partial charge in [-0.2, -0.15) is 0 Å². The zero-order valence-electron chi connectivity index (χ0n) is 12.9. The van der Waals surface area contributed by atoms with Crippen molar-refractivity contribution in [2.45, 2.75) is 64.4 Å². The average Bonchev–Trinajstić information content (AvgIpc) is 3.23. The van der Waals surface area contributed by atoms with Crippen LogP contribution in [0.4, 0.5) is 0 Å². The van der Waals surface area contributed by atoms with Gasteiger partial charge in [0.05, 0.1) is 7.11 Å². The lowest BCUT2D eigenvalue weighted by atomic mass is 10.00. The zero-order valence-corrected chi connectivity index (χ0v) is 12.9. The second-order valence-electron chi connectivity index (χ2n) is 5.60. The summed E-state index contributed by atoms with van der Waals surface area (Å²) in [6.07, 6.45) is 9.17. The highest BCUT2D eigenvalue weighted by Gasteiger charge is 2.51. The first-order valence-electron chi connectivity index (χ1n) is 7.90. The van der Waals surface area contributed by atoms with Gasteiger partial charge in [-0.25, -0.2) is 0 Å². The number of hydrogen-bond donors (Lipinski definition) is 0. The summed E-state index contributed by atoms with van der Waals surface area (Å²) < 4.78 is 9.93. The molecule has 1 aliphatic heterocycles. The summed E-state index contributed by atoms with van der Waals surface area (Å²) in [5.41, 5.74) is 2.03. The number of unbranched alkanes of at least 4 members (excludes halogenated alkanes) is 4. The van der Waals surface area contributed by atoms with Crippen molar-refractivity contribution in [2.24, 2.45) is 0 Å². The van der Waals surface area contributed by atoms with Gasteiger partial charge in [0.25, 0.3) is 0 Å². The van der Waals surface area contributed by atoms with Gasteiger partial charge in [0.2, 0.25) is 11.9 Å². The van der Waals surface area contributed by atoms with Gasteiger partial charge in [-0.05, 0) is 32.1 Å². The first-order chi connectivity index (χ1) is 10.2. The Bertz CT molecular complexity index is 473. The van der Waals surface area contributed by atoms with E-state index in [0.717, 1.165) is 61.9 Å². The van der Waals surface area contributed by atoms with E-state index >= 15 is 0 Å². The molecule has 116 valence electrons. The average molecular weight is 292 g/mol. The minimum atomic E-state index is -0.248. The van der Waals surface area contributed by atoms with Crippen LogP contribution in [-0.4, -0.2) is 25.0 Å². The quantitative estimate of drug-likeness (QED) is 0.283. The number of Topliss-reactive ketones (excluding diaryl/α,β-unsaturated/α-hetero) is 1. The van der Waals surface area contributed by atoms with Crippen LogP contribution in [0.15, 0.2) is 23.0 Å². The van der Waals surface area contributed by atoms with E-state index in [9.17, 15) is 9.59 Å². The molecule has 1 aliphatic carbocycles. The molecule has 0 aromatic rings. The first kappa shape index (κ1) is 15.8. The van der Waals surface area contributed by atoms with E-state index in [2.05, 4.69) is 17.7 Å². The molecule has 1 fully saturated rings. The van der Waals surface area contributed by atoms with Crippen molar-refractivity contribution in [3.8, 4) is 0 Å². The maximum atomic E-state index is 12.1. The number of carbonyl (C=O) groups is 2. The second-order valence-corrected chi connectivity index (χ2v) is 5.60. The normalized spacial score (nSPS) is 21.5. The van der Waals surface area contributed by atoms with Crippen LogP contribution in [0.3, 0.4) is 0 Å². The molecule has 0 bridgehead atoms. The Morgan fingerprint density at radius 2 is 2.10 bits per heavy atom. The van der Waals surface area contributed by atoms with Crippen molar-refractivity contribution in [2.75, 3.05) is 7.11 Å². The standard InChI is InChI=1S/C17H24O4/c1-3-4-9-13-12(15(19)17-16(13)21-17)10-7-5-6-8-11-14(18)20-2/h10,17H,3-9,11H2,1-2H3. The summed E-state index contributed by atoms with van der Waals surface area (Å²) in [4.78, 5) is 23.1. The number of ketones is 1. The van der Waals surface area contributed by atoms with Crippen molar-refractivity contribution in [3.63, 3.8) is 0 Å². The van der Waals surface area contributed by atoms with Crippen molar-refractivity contribution >= 4 is 11.8 Å². The van der Waals surface area contributed by atoms with Crippen LogP contribution in [0.5, 0.6) is 0 Å². The number of rotatable bonds is 9. The Morgan fingerprint density at radius 1 is 1.29 bits per heavy atom. The summed E-state index contributed by atoms with van der Waals surface area (Å²) >= 11 is 0. The van der Waals surface area contributed by atoms with E-state index in [1.165, 1.54) is 7.11 Å². The maximum Gasteiger partial charge on any atom is 0.305 e. The Labute approximate surface area is 126 Å². The number of hydrogen-bond acceptors (Lipinski definition) is 4. The number of epoxide rings is 1. The van der Waals surface area contributed by atoms with Gasteiger partial charge in [0.15, 0.2) is 5.76 Å². The Morgan fingerprint density at radius 3 is 2.81 bits per heavy atom. The first-order valence-corrected chi connectivity index (χ1v) is 7.90. The zero-order chi connectivity index (χ0) is 15.2. The summed E-state index contributed by atoms with van der Waals surface area (Å²) in [6.45, 7) is 2.15. The van der Waals surface area contributed by atoms with Crippen LogP contribution < -0.4 is 0 Å². The molecule has 0 spiro atoms. The Hall–Kier alpha value is -1.58. The van der Waals surface area contributed by atoms with E-state index in [0.29, 0.717) is 6.42 Å². The number of esters is 1. The third kappa shape index (κ3) is 3.96. The van der Waals surface area contributed by atoms with Gasteiger partial charge in [0.1, 0.15) is 0 Å². The minimum absolute atomic E-state index is 0.144. The van der Waals surface area contributed by atoms with Gasteiger partial charge in [0, 0.05) is 17.6 Å². The molecule has 21 heavy (non-hydrogen) atoms. The summed E-state index contributed by atoms with van der Waals surface area (Å²) in [5, 5.41) is 0. The van der Waals surface area contributed by atoms with Gasteiger partial charge in [-0.1, -0.05) is 25.8 Å². The van der Waals surface area contributed by atoms with Crippen molar-refractivity contribution in [1.29, 1.82) is 0 Å². The van der Waals surface area contributed by atoms with Gasteiger partial charge in [-0.15, -0.1) is 0 Å². The van der Waals surface area contributed by atoms with E-state index in [1.54, 1.807) is 0 Å². The molecule has 1 unspecified atom stereocenters. The minimum Gasteiger partial charge on any atom is -0.474 e. The molecule has 0 amide bonds.